The molecule has 2 unspecified atom stereocenters. The Bertz CT molecular complexity index is 296. The maximum atomic E-state index is 11.8. The van der Waals surface area contributed by atoms with Gasteiger partial charge in [0.1, 0.15) is 6.04 Å². The van der Waals surface area contributed by atoms with E-state index in [1.807, 2.05) is 23.5 Å². The van der Waals surface area contributed by atoms with E-state index in [1.54, 1.807) is 6.92 Å². The lowest BCUT2D eigenvalue weighted by atomic mass is 10.2. The average Bonchev–Trinajstić information content (AvgIpc) is 2.37. The van der Waals surface area contributed by atoms with Crippen LogP contribution >= 0.6 is 23.5 Å². The highest BCUT2D eigenvalue weighted by Crippen LogP contribution is 2.23. The van der Waals surface area contributed by atoms with Crippen molar-refractivity contribution in [3.8, 4) is 0 Å². The summed E-state index contributed by atoms with van der Waals surface area (Å²) in [6, 6.07) is -1.06. The van der Waals surface area contributed by atoms with E-state index in [0.717, 1.165) is 11.5 Å². The largest absolute Gasteiger partial charge is 0.480 e. The van der Waals surface area contributed by atoms with Gasteiger partial charge in [-0.2, -0.15) is 23.5 Å². The van der Waals surface area contributed by atoms with Crippen LogP contribution in [0.3, 0.4) is 0 Å². The van der Waals surface area contributed by atoms with Gasteiger partial charge in [0.2, 0.25) is 0 Å². The van der Waals surface area contributed by atoms with Crippen molar-refractivity contribution in [2.75, 3.05) is 30.9 Å². The second kappa shape index (κ2) is 7.78. The first kappa shape index (κ1) is 15.5. The number of carboxylic acids is 1. The number of nitrogens with one attached hydrogen (secondary N) is 1. The summed E-state index contributed by atoms with van der Waals surface area (Å²) in [7, 11) is 1.53. The van der Waals surface area contributed by atoms with Crippen molar-refractivity contribution < 1.29 is 14.7 Å². The fraction of sp³-hybridized carbons (Fsp3) is 0.818. The molecule has 104 valence electrons. The minimum absolute atomic E-state index is 0.305. The molecule has 5 nitrogen and oxygen atoms in total. The molecule has 0 aromatic rings. The summed E-state index contributed by atoms with van der Waals surface area (Å²) in [6.45, 7) is 2.37. The van der Waals surface area contributed by atoms with Crippen LogP contribution in [-0.2, 0) is 4.79 Å². The molecule has 2 N–H and O–H groups in total. The van der Waals surface area contributed by atoms with Gasteiger partial charge in [-0.05, 0) is 6.42 Å². The molecule has 1 aliphatic rings. The molecule has 2 amide bonds. The van der Waals surface area contributed by atoms with E-state index in [0.29, 0.717) is 18.2 Å². The summed E-state index contributed by atoms with van der Waals surface area (Å²) in [5.41, 5.74) is 0. The Hall–Kier alpha value is -0.560. The Labute approximate surface area is 116 Å². The third kappa shape index (κ3) is 4.61. The standard InChI is InChI=1S/C11H20N2O3S2/c1-3-9(10(14)15)13(2)11(16)12-6-8-7-17-4-5-18-8/h8-9H,3-7H2,1-2H3,(H,12,16)(H,14,15). The number of aliphatic carboxylic acids is 1. The molecule has 1 fully saturated rings. The van der Waals surface area contributed by atoms with Gasteiger partial charge in [-0.3, -0.25) is 0 Å². The fourth-order valence-electron chi connectivity index (χ4n) is 1.74. The predicted molar refractivity (Wildman–Crippen MR) is 76.4 cm³/mol. The highest BCUT2D eigenvalue weighted by molar-refractivity contribution is 8.06. The third-order valence-electron chi connectivity index (χ3n) is 2.83. The lowest BCUT2D eigenvalue weighted by Gasteiger charge is -2.26. The maximum absolute atomic E-state index is 11.8. The molecule has 1 rings (SSSR count). The smallest absolute Gasteiger partial charge is 0.326 e. The lowest BCUT2D eigenvalue weighted by molar-refractivity contribution is -0.141. The molecule has 7 heteroatoms. The number of carbonyl (C=O) groups excluding carboxylic acids is 1. The van der Waals surface area contributed by atoms with Crippen molar-refractivity contribution in [3.63, 3.8) is 0 Å². The van der Waals surface area contributed by atoms with Gasteiger partial charge in [0.15, 0.2) is 0 Å². The van der Waals surface area contributed by atoms with Crippen molar-refractivity contribution in [2.24, 2.45) is 0 Å². The summed E-state index contributed by atoms with van der Waals surface area (Å²) in [6.07, 6.45) is 0.410. The summed E-state index contributed by atoms with van der Waals surface area (Å²) >= 11 is 3.77. The molecule has 1 heterocycles. The third-order valence-corrected chi connectivity index (χ3v) is 5.67. The predicted octanol–water partition coefficient (Wildman–Crippen LogP) is 1.34. The van der Waals surface area contributed by atoms with Crippen molar-refractivity contribution >= 4 is 35.5 Å². The van der Waals surface area contributed by atoms with Crippen LogP contribution in [0.1, 0.15) is 13.3 Å². The van der Waals surface area contributed by atoms with Crippen molar-refractivity contribution in [1.29, 1.82) is 0 Å². The van der Waals surface area contributed by atoms with Gasteiger partial charge in [0.05, 0.1) is 0 Å². The minimum Gasteiger partial charge on any atom is -0.480 e. The molecule has 0 bridgehead atoms. The van der Waals surface area contributed by atoms with Gasteiger partial charge in [-0.25, -0.2) is 9.59 Å². The van der Waals surface area contributed by atoms with Crippen LogP contribution in [0, 0.1) is 0 Å². The summed E-state index contributed by atoms with van der Waals surface area (Å²) < 4.78 is 0. The second-order valence-electron chi connectivity index (χ2n) is 4.13. The molecule has 0 aromatic heterocycles. The molecule has 2 atom stereocenters. The number of amides is 2. The number of hydrogen-bond donors (Lipinski definition) is 2. The number of carboxylic acid groups (broad SMARTS) is 1. The number of likely N-dealkylation sites (N-methyl/N-ethyl adjacent to an activating group) is 1. The van der Waals surface area contributed by atoms with E-state index in [4.69, 9.17) is 5.11 Å². The molecule has 1 aliphatic heterocycles. The number of urea groups is 1. The fourth-order valence-corrected chi connectivity index (χ4v) is 4.35. The van der Waals surface area contributed by atoms with Crippen LogP contribution in [0.15, 0.2) is 0 Å². The van der Waals surface area contributed by atoms with Gasteiger partial charge < -0.3 is 15.3 Å². The Morgan fingerprint density at radius 3 is 2.72 bits per heavy atom. The number of thioether (sulfide) groups is 2. The summed E-state index contributed by atoms with van der Waals surface area (Å²) in [4.78, 5) is 24.0. The Morgan fingerprint density at radius 2 is 2.22 bits per heavy atom. The molecule has 18 heavy (non-hydrogen) atoms. The molecule has 0 aliphatic carbocycles. The quantitative estimate of drug-likeness (QED) is 0.800. The van der Waals surface area contributed by atoms with E-state index >= 15 is 0 Å². The van der Waals surface area contributed by atoms with Crippen LogP contribution in [0.25, 0.3) is 0 Å². The molecule has 0 radical (unpaired) electrons. The molecule has 0 saturated carbocycles. The first-order valence-corrected chi connectivity index (χ1v) is 8.19. The van der Waals surface area contributed by atoms with E-state index in [9.17, 15) is 9.59 Å². The molecular formula is C11H20N2O3S2. The van der Waals surface area contributed by atoms with E-state index in [-0.39, 0.29) is 6.03 Å². The number of carbonyl (C=O) groups is 2. The lowest BCUT2D eigenvalue weighted by Crippen LogP contribution is -2.48. The van der Waals surface area contributed by atoms with Gasteiger partial charge in [-0.1, -0.05) is 6.92 Å². The van der Waals surface area contributed by atoms with Gasteiger partial charge in [0, 0.05) is 36.1 Å². The van der Waals surface area contributed by atoms with Gasteiger partial charge in [0.25, 0.3) is 0 Å². The molecule has 1 saturated heterocycles. The molecular weight excluding hydrogens is 272 g/mol. The first-order valence-electron chi connectivity index (χ1n) is 5.99. The summed E-state index contributed by atoms with van der Waals surface area (Å²) in [5.74, 6) is 2.38. The van der Waals surface area contributed by atoms with Crippen LogP contribution in [0.4, 0.5) is 4.79 Å². The summed E-state index contributed by atoms with van der Waals surface area (Å²) in [5, 5.41) is 12.2. The second-order valence-corrected chi connectivity index (χ2v) is 6.69. The zero-order chi connectivity index (χ0) is 13.5. The first-order chi connectivity index (χ1) is 8.56. The Kier molecular flexibility index (Phi) is 6.70. The van der Waals surface area contributed by atoms with Crippen LogP contribution in [-0.4, -0.2) is 64.1 Å². The van der Waals surface area contributed by atoms with Crippen molar-refractivity contribution in [3.05, 3.63) is 0 Å². The highest BCUT2D eigenvalue weighted by Gasteiger charge is 2.25. The van der Waals surface area contributed by atoms with Gasteiger partial charge in [-0.15, -0.1) is 0 Å². The van der Waals surface area contributed by atoms with Crippen molar-refractivity contribution in [1.82, 2.24) is 10.2 Å². The Balaban J connectivity index is 2.36. The zero-order valence-electron chi connectivity index (χ0n) is 10.7. The Morgan fingerprint density at radius 1 is 1.50 bits per heavy atom. The normalized spacial score (nSPS) is 21.1. The average molecular weight is 292 g/mol. The SMILES string of the molecule is CCC(C(=O)O)N(C)C(=O)NCC1CSCCS1. The number of hydrogen-bond acceptors (Lipinski definition) is 4. The topological polar surface area (TPSA) is 69.6 Å². The molecule has 0 spiro atoms. The van der Waals surface area contributed by atoms with Crippen LogP contribution in [0.2, 0.25) is 0 Å². The van der Waals surface area contributed by atoms with Crippen LogP contribution in [0.5, 0.6) is 0 Å². The minimum atomic E-state index is -0.960. The number of rotatable bonds is 5. The van der Waals surface area contributed by atoms with Gasteiger partial charge >= 0.3 is 12.0 Å². The molecule has 0 aromatic carbocycles. The van der Waals surface area contributed by atoms with E-state index < -0.39 is 12.0 Å². The number of nitrogens with zero attached hydrogens (tertiary/aromatic N) is 1. The highest BCUT2D eigenvalue weighted by atomic mass is 32.2. The monoisotopic (exact) mass is 292 g/mol. The van der Waals surface area contributed by atoms with E-state index in [2.05, 4.69) is 5.32 Å². The van der Waals surface area contributed by atoms with Crippen LogP contribution < -0.4 is 5.32 Å². The zero-order valence-corrected chi connectivity index (χ0v) is 12.4. The maximum Gasteiger partial charge on any atom is 0.326 e. The van der Waals surface area contributed by atoms with Crippen molar-refractivity contribution in [2.45, 2.75) is 24.6 Å². The van der Waals surface area contributed by atoms with E-state index in [1.165, 1.54) is 17.7 Å².